The first-order valence-corrected chi connectivity index (χ1v) is 4.90. The predicted octanol–water partition coefficient (Wildman–Crippen LogP) is 1.63. The highest BCUT2D eigenvalue weighted by atomic mass is 35.5. The zero-order valence-corrected chi connectivity index (χ0v) is 9.05. The third-order valence-electron chi connectivity index (χ3n) is 1.88. The number of halogens is 1. The minimum Gasteiger partial charge on any atom is -0.366 e. The van der Waals surface area contributed by atoms with Crippen molar-refractivity contribution >= 4 is 17.5 Å². The first-order chi connectivity index (χ1) is 7.09. The Bertz CT molecular complexity index is 359. The molecule has 0 heterocycles. The van der Waals surface area contributed by atoms with Gasteiger partial charge in [0.15, 0.2) is 0 Å². The van der Waals surface area contributed by atoms with Gasteiger partial charge in [-0.3, -0.25) is 4.79 Å². The van der Waals surface area contributed by atoms with Crippen LogP contribution in [-0.4, -0.2) is 12.5 Å². The molecule has 0 aliphatic carbocycles. The lowest BCUT2D eigenvalue weighted by Gasteiger charge is -2.03. The summed E-state index contributed by atoms with van der Waals surface area (Å²) in [6.07, 6.45) is 0. The van der Waals surface area contributed by atoms with Crippen molar-refractivity contribution in [2.45, 2.75) is 6.54 Å². The third kappa shape index (κ3) is 4.14. The summed E-state index contributed by atoms with van der Waals surface area (Å²) in [4.78, 5) is 10.8. The maximum atomic E-state index is 10.8. The van der Waals surface area contributed by atoms with E-state index in [1.165, 1.54) is 0 Å². The molecule has 0 atom stereocenters. The van der Waals surface area contributed by atoms with E-state index in [1.54, 1.807) is 12.1 Å². The van der Waals surface area contributed by atoms with Crippen LogP contribution in [0.4, 0.5) is 0 Å². The molecule has 0 spiro atoms. The molecule has 0 aliphatic heterocycles. The molecule has 1 aromatic carbocycles. The maximum Gasteiger partial charge on any atom is 0.248 e. The average Bonchev–Trinajstić information content (AvgIpc) is 2.18. The number of hydrogen-bond acceptors (Lipinski definition) is 2. The van der Waals surface area contributed by atoms with Gasteiger partial charge >= 0.3 is 0 Å². The molecule has 0 bridgehead atoms. The van der Waals surface area contributed by atoms with Gasteiger partial charge in [0.25, 0.3) is 0 Å². The summed E-state index contributed by atoms with van der Waals surface area (Å²) in [5.41, 5.74) is 6.70. The molecule has 0 saturated carbocycles. The van der Waals surface area contributed by atoms with Crippen LogP contribution in [0.5, 0.6) is 0 Å². The number of rotatable bonds is 5. The zero-order chi connectivity index (χ0) is 11.3. The second-order valence-electron chi connectivity index (χ2n) is 3.18. The monoisotopic (exact) mass is 224 g/mol. The van der Waals surface area contributed by atoms with Gasteiger partial charge in [0.05, 0.1) is 0 Å². The highest BCUT2D eigenvalue weighted by Crippen LogP contribution is 2.04. The minimum absolute atomic E-state index is 0.413. The summed E-state index contributed by atoms with van der Waals surface area (Å²) in [5, 5.41) is 3.68. The molecule has 0 fully saturated rings. The summed E-state index contributed by atoms with van der Waals surface area (Å²) < 4.78 is 0. The Balaban J connectivity index is 2.50. The van der Waals surface area contributed by atoms with Crippen LogP contribution in [0, 0.1) is 0 Å². The molecule has 0 saturated heterocycles. The van der Waals surface area contributed by atoms with Crippen molar-refractivity contribution in [1.82, 2.24) is 5.32 Å². The van der Waals surface area contributed by atoms with Crippen LogP contribution in [-0.2, 0) is 6.54 Å². The molecule has 1 aromatic rings. The van der Waals surface area contributed by atoms with Crippen molar-refractivity contribution < 1.29 is 4.79 Å². The number of nitrogens with one attached hydrogen (secondary N) is 1. The van der Waals surface area contributed by atoms with Crippen LogP contribution < -0.4 is 11.1 Å². The molecule has 0 radical (unpaired) electrons. The molecule has 1 amide bonds. The van der Waals surface area contributed by atoms with Gasteiger partial charge in [0.2, 0.25) is 5.91 Å². The van der Waals surface area contributed by atoms with Crippen molar-refractivity contribution in [3.8, 4) is 0 Å². The van der Waals surface area contributed by atoms with E-state index in [0.717, 1.165) is 5.56 Å². The van der Waals surface area contributed by atoms with Crippen LogP contribution in [0.3, 0.4) is 0 Å². The summed E-state index contributed by atoms with van der Waals surface area (Å²) in [7, 11) is 0. The van der Waals surface area contributed by atoms with Crippen LogP contribution in [0.2, 0.25) is 0 Å². The number of carbonyl (C=O) groups excluding carboxylic acids is 1. The van der Waals surface area contributed by atoms with Crippen molar-refractivity contribution in [2.24, 2.45) is 5.73 Å². The van der Waals surface area contributed by atoms with E-state index < -0.39 is 5.91 Å². The van der Waals surface area contributed by atoms with Gasteiger partial charge in [-0.15, -0.1) is 0 Å². The van der Waals surface area contributed by atoms with Crippen molar-refractivity contribution in [2.75, 3.05) is 6.54 Å². The molecule has 0 unspecified atom stereocenters. The Hall–Kier alpha value is -1.32. The molecule has 4 heteroatoms. The Morgan fingerprint density at radius 2 is 2.00 bits per heavy atom. The molecule has 3 N–H and O–H groups in total. The van der Waals surface area contributed by atoms with Crippen molar-refractivity contribution in [1.29, 1.82) is 0 Å². The molecule has 80 valence electrons. The van der Waals surface area contributed by atoms with Crippen LogP contribution >= 0.6 is 11.6 Å². The van der Waals surface area contributed by atoms with E-state index >= 15 is 0 Å². The van der Waals surface area contributed by atoms with Crippen molar-refractivity contribution in [3.05, 3.63) is 47.0 Å². The van der Waals surface area contributed by atoms with E-state index in [-0.39, 0.29) is 0 Å². The maximum absolute atomic E-state index is 10.8. The van der Waals surface area contributed by atoms with E-state index in [0.29, 0.717) is 23.7 Å². The molecular formula is C11H13ClN2O. The topological polar surface area (TPSA) is 55.1 Å². The number of benzene rings is 1. The molecule has 3 nitrogen and oxygen atoms in total. The minimum atomic E-state index is -0.413. The Labute approximate surface area is 93.9 Å². The summed E-state index contributed by atoms with van der Waals surface area (Å²) >= 11 is 5.59. The first kappa shape index (κ1) is 11.8. The van der Waals surface area contributed by atoms with Gasteiger partial charge in [-0.2, -0.15) is 0 Å². The molecule has 0 aromatic heterocycles. The lowest BCUT2D eigenvalue weighted by Crippen LogP contribution is -2.15. The molecule has 15 heavy (non-hydrogen) atoms. The van der Waals surface area contributed by atoms with Crippen LogP contribution in [0.15, 0.2) is 35.9 Å². The van der Waals surface area contributed by atoms with Gasteiger partial charge < -0.3 is 11.1 Å². The van der Waals surface area contributed by atoms with Gasteiger partial charge in [0, 0.05) is 23.7 Å². The highest BCUT2D eigenvalue weighted by molar-refractivity contribution is 6.29. The standard InChI is InChI=1S/C11H13ClN2O/c1-8(12)6-14-7-9-2-4-10(5-3-9)11(13)15/h2-5,14H,1,6-7H2,(H2,13,15). The fourth-order valence-corrected chi connectivity index (χ4v) is 1.22. The van der Waals surface area contributed by atoms with Gasteiger partial charge in [-0.1, -0.05) is 30.3 Å². The van der Waals surface area contributed by atoms with E-state index in [9.17, 15) is 4.79 Å². The SMILES string of the molecule is C=C(Cl)CNCc1ccc(C(N)=O)cc1. The van der Waals surface area contributed by atoms with Gasteiger partial charge in [0.1, 0.15) is 0 Å². The highest BCUT2D eigenvalue weighted by Gasteiger charge is 1.99. The largest absolute Gasteiger partial charge is 0.366 e. The molecule has 1 rings (SSSR count). The summed E-state index contributed by atoms with van der Waals surface area (Å²) in [6.45, 7) is 4.82. The Kier molecular flexibility index (Phi) is 4.34. The second kappa shape index (κ2) is 5.53. The quantitative estimate of drug-likeness (QED) is 0.799. The van der Waals surface area contributed by atoms with Crippen LogP contribution in [0.1, 0.15) is 15.9 Å². The normalized spacial score (nSPS) is 9.93. The van der Waals surface area contributed by atoms with Gasteiger partial charge in [-0.25, -0.2) is 0 Å². The lowest BCUT2D eigenvalue weighted by molar-refractivity contribution is 0.100. The molecule has 0 aliphatic rings. The average molecular weight is 225 g/mol. The van der Waals surface area contributed by atoms with Crippen LogP contribution in [0.25, 0.3) is 0 Å². The van der Waals surface area contributed by atoms with E-state index in [2.05, 4.69) is 11.9 Å². The van der Waals surface area contributed by atoms with E-state index in [1.807, 2.05) is 12.1 Å². The predicted molar refractivity (Wildman–Crippen MR) is 61.7 cm³/mol. The number of nitrogens with two attached hydrogens (primary N) is 1. The summed E-state index contributed by atoms with van der Waals surface area (Å²) in [6, 6.07) is 7.11. The zero-order valence-electron chi connectivity index (χ0n) is 8.29. The Morgan fingerprint density at radius 1 is 1.40 bits per heavy atom. The number of hydrogen-bond donors (Lipinski definition) is 2. The number of amides is 1. The number of carbonyl (C=O) groups is 1. The molecular weight excluding hydrogens is 212 g/mol. The third-order valence-corrected chi connectivity index (χ3v) is 2.02. The second-order valence-corrected chi connectivity index (χ2v) is 3.72. The number of primary amides is 1. The van der Waals surface area contributed by atoms with E-state index in [4.69, 9.17) is 17.3 Å². The Morgan fingerprint density at radius 3 is 2.47 bits per heavy atom. The fraction of sp³-hybridized carbons (Fsp3) is 0.182. The van der Waals surface area contributed by atoms with Gasteiger partial charge in [-0.05, 0) is 17.7 Å². The summed E-state index contributed by atoms with van der Waals surface area (Å²) in [5.74, 6) is -0.413. The fourth-order valence-electron chi connectivity index (χ4n) is 1.13. The smallest absolute Gasteiger partial charge is 0.248 e. The lowest BCUT2D eigenvalue weighted by atomic mass is 10.1. The first-order valence-electron chi connectivity index (χ1n) is 4.52. The van der Waals surface area contributed by atoms with Crippen molar-refractivity contribution in [3.63, 3.8) is 0 Å².